The van der Waals surface area contributed by atoms with Crippen LogP contribution in [0.4, 0.5) is 11.4 Å². The van der Waals surface area contributed by atoms with Crippen molar-refractivity contribution in [3.8, 4) is 0 Å². The second-order valence-corrected chi connectivity index (χ2v) is 5.07. The zero-order valence-electron chi connectivity index (χ0n) is 10.6. The highest BCUT2D eigenvalue weighted by molar-refractivity contribution is 5.67. The van der Waals surface area contributed by atoms with E-state index >= 15 is 0 Å². The monoisotopic (exact) mass is 238 g/mol. The number of nitrogen functional groups attached to an aromatic ring is 1. The Bertz CT molecular complexity index is 575. The Morgan fingerprint density at radius 2 is 2.06 bits per heavy atom. The number of anilines is 2. The summed E-state index contributed by atoms with van der Waals surface area (Å²) >= 11 is 0. The highest BCUT2D eigenvalue weighted by Crippen LogP contribution is 2.35. The first-order chi connectivity index (χ1) is 8.74. The third kappa shape index (κ3) is 1.94. The molecule has 0 bridgehead atoms. The van der Waals surface area contributed by atoms with E-state index in [1.54, 1.807) is 0 Å². The molecule has 0 heterocycles. The van der Waals surface area contributed by atoms with Crippen LogP contribution in [0, 0.1) is 6.92 Å². The second kappa shape index (κ2) is 4.37. The molecule has 0 amide bonds. The molecular formula is C16H18N2. The van der Waals surface area contributed by atoms with Gasteiger partial charge in [-0.2, -0.15) is 0 Å². The van der Waals surface area contributed by atoms with E-state index < -0.39 is 0 Å². The van der Waals surface area contributed by atoms with Gasteiger partial charge in [-0.1, -0.05) is 30.3 Å². The quantitative estimate of drug-likeness (QED) is 0.805. The van der Waals surface area contributed by atoms with E-state index in [0.717, 1.165) is 17.9 Å². The molecule has 1 aliphatic carbocycles. The van der Waals surface area contributed by atoms with Crippen LogP contribution >= 0.6 is 0 Å². The molecule has 92 valence electrons. The van der Waals surface area contributed by atoms with Gasteiger partial charge in [-0.25, -0.2) is 0 Å². The van der Waals surface area contributed by atoms with E-state index in [1.165, 1.54) is 23.1 Å². The van der Waals surface area contributed by atoms with Gasteiger partial charge in [0.1, 0.15) is 0 Å². The van der Waals surface area contributed by atoms with Gasteiger partial charge in [0.15, 0.2) is 0 Å². The molecule has 0 radical (unpaired) electrons. The van der Waals surface area contributed by atoms with Crippen molar-refractivity contribution >= 4 is 11.4 Å². The zero-order valence-corrected chi connectivity index (χ0v) is 10.6. The number of hydrogen-bond donors (Lipinski definition) is 2. The lowest BCUT2D eigenvalue weighted by Gasteiger charge is -2.30. The van der Waals surface area contributed by atoms with Crippen LogP contribution in [-0.4, -0.2) is 6.54 Å². The first-order valence-electron chi connectivity index (χ1n) is 6.42. The van der Waals surface area contributed by atoms with Crippen molar-refractivity contribution in [1.29, 1.82) is 0 Å². The van der Waals surface area contributed by atoms with Gasteiger partial charge in [-0.05, 0) is 42.2 Å². The average molecular weight is 238 g/mol. The van der Waals surface area contributed by atoms with Crippen LogP contribution in [0.3, 0.4) is 0 Å². The Hall–Kier alpha value is -1.96. The molecule has 2 heteroatoms. The maximum Gasteiger partial charge on any atom is 0.0574 e. The summed E-state index contributed by atoms with van der Waals surface area (Å²) in [6.07, 6.45) is 1.18. The first kappa shape index (κ1) is 11.1. The standard InChI is InChI=1S/C16H18N2/c1-11-6-7-16(15(17)8-11)18-10-13-9-12-4-2-3-5-14(12)13/h2-8,13,18H,9-10,17H2,1H3. The summed E-state index contributed by atoms with van der Waals surface area (Å²) in [6.45, 7) is 3.02. The van der Waals surface area contributed by atoms with Crippen molar-refractivity contribution in [2.45, 2.75) is 19.3 Å². The van der Waals surface area contributed by atoms with Gasteiger partial charge in [0.05, 0.1) is 11.4 Å². The Labute approximate surface area is 108 Å². The predicted octanol–water partition coefficient (Wildman–Crippen LogP) is 3.33. The van der Waals surface area contributed by atoms with Gasteiger partial charge >= 0.3 is 0 Å². The molecule has 0 aromatic heterocycles. The zero-order chi connectivity index (χ0) is 12.5. The van der Waals surface area contributed by atoms with Crippen LogP contribution in [-0.2, 0) is 6.42 Å². The summed E-state index contributed by atoms with van der Waals surface area (Å²) < 4.78 is 0. The molecule has 3 rings (SSSR count). The van der Waals surface area contributed by atoms with Crippen LogP contribution in [0.5, 0.6) is 0 Å². The number of aryl methyl sites for hydroxylation is 1. The van der Waals surface area contributed by atoms with Crippen molar-refractivity contribution in [2.75, 3.05) is 17.6 Å². The minimum Gasteiger partial charge on any atom is -0.397 e. The number of nitrogens with one attached hydrogen (secondary N) is 1. The molecule has 2 aromatic rings. The van der Waals surface area contributed by atoms with E-state index in [2.05, 4.69) is 48.6 Å². The van der Waals surface area contributed by atoms with E-state index in [-0.39, 0.29) is 0 Å². The molecule has 0 spiro atoms. The van der Waals surface area contributed by atoms with E-state index in [9.17, 15) is 0 Å². The molecule has 18 heavy (non-hydrogen) atoms. The molecular weight excluding hydrogens is 220 g/mol. The Balaban J connectivity index is 1.66. The van der Waals surface area contributed by atoms with Gasteiger partial charge in [-0.15, -0.1) is 0 Å². The first-order valence-corrected chi connectivity index (χ1v) is 6.42. The minimum atomic E-state index is 0.627. The van der Waals surface area contributed by atoms with E-state index in [0.29, 0.717) is 5.92 Å². The summed E-state index contributed by atoms with van der Waals surface area (Å²) in [4.78, 5) is 0. The van der Waals surface area contributed by atoms with Crippen LogP contribution in [0.1, 0.15) is 22.6 Å². The molecule has 1 atom stereocenters. The summed E-state index contributed by atoms with van der Waals surface area (Å²) in [5, 5.41) is 3.46. The third-order valence-corrected chi connectivity index (χ3v) is 3.71. The summed E-state index contributed by atoms with van der Waals surface area (Å²) in [6, 6.07) is 14.8. The van der Waals surface area contributed by atoms with Crippen molar-refractivity contribution in [2.24, 2.45) is 0 Å². The SMILES string of the molecule is Cc1ccc(NCC2Cc3ccccc32)c(N)c1. The average Bonchev–Trinajstić information content (AvgIpc) is 2.33. The van der Waals surface area contributed by atoms with Crippen LogP contribution < -0.4 is 11.1 Å². The lowest BCUT2D eigenvalue weighted by atomic mass is 9.77. The van der Waals surface area contributed by atoms with Gasteiger partial charge in [0, 0.05) is 12.5 Å². The topological polar surface area (TPSA) is 38.0 Å². The number of hydrogen-bond acceptors (Lipinski definition) is 2. The number of rotatable bonds is 3. The van der Waals surface area contributed by atoms with Crippen LogP contribution in [0.15, 0.2) is 42.5 Å². The van der Waals surface area contributed by atoms with Crippen molar-refractivity contribution in [1.82, 2.24) is 0 Å². The fourth-order valence-corrected chi connectivity index (χ4v) is 2.62. The summed E-state index contributed by atoms with van der Waals surface area (Å²) in [5.41, 5.74) is 12.1. The van der Waals surface area contributed by atoms with Crippen molar-refractivity contribution in [3.05, 3.63) is 59.2 Å². The van der Waals surface area contributed by atoms with Crippen LogP contribution in [0.2, 0.25) is 0 Å². The fraction of sp³-hybridized carbons (Fsp3) is 0.250. The normalized spacial score (nSPS) is 16.8. The Kier molecular flexibility index (Phi) is 2.71. The van der Waals surface area contributed by atoms with E-state index in [1.807, 2.05) is 6.07 Å². The number of fused-ring (bicyclic) bond motifs is 1. The molecule has 0 saturated heterocycles. The largest absolute Gasteiger partial charge is 0.397 e. The molecule has 0 aliphatic heterocycles. The predicted molar refractivity (Wildman–Crippen MR) is 77.0 cm³/mol. The highest BCUT2D eigenvalue weighted by atomic mass is 14.9. The summed E-state index contributed by atoms with van der Waals surface area (Å²) in [5.74, 6) is 0.627. The lowest BCUT2D eigenvalue weighted by Crippen LogP contribution is -2.24. The molecule has 2 aromatic carbocycles. The maximum atomic E-state index is 6.00. The summed E-state index contributed by atoms with van der Waals surface area (Å²) in [7, 11) is 0. The Morgan fingerprint density at radius 3 is 2.83 bits per heavy atom. The molecule has 3 N–H and O–H groups in total. The van der Waals surface area contributed by atoms with Crippen molar-refractivity contribution in [3.63, 3.8) is 0 Å². The van der Waals surface area contributed by atoms with Crippen LogP contribution in [0.25, 0.3) is 0 Å². The van der Waals surface area contributed by atoms with Gasteiger partial charge in [0.25, 0.3) is 0 Å². The number of benzene rings is 2. The highest BCUT2D eigenvalue weighted by Gasteiger charge is 2.24. The molecule has 2 nitrogen and oxygen atoms in total. The fourth-order valence-electron chi connectivity index (χ4n) is 2.62. The molecule has 0 fully saturated rings. The van der Waals surface area contributed by atoms with E-state index in [4.69, 9.17) is 5.73 Å². The Morgan fingerprint density at radius 1 is 1.22 bits per heavy atom. The van der Waals surface area contributed by atoms with Gasteiger partial charge < -0.3 is 11.1 Å². The lowest BCUT2D eigenvalue weighted by molar-refractivity contribution is 0.636. The van der Waals surface area contributed by atoms with Crippen molar-refractivity contribution < 1.29 is 0 Å². The number of nitrogens with two attached hydrogens (primary N) is 1. The second-order valence-electron chi connectivity index (χ2n) is 5.07. The third-order valence-electron chi connectivity index (χ3n) is 3.71. The molecule has 1 unspecified atom stereocenters. The van der Waals surface area contributed by atoms with Gasteiger partial charge in [0.2, 0.25) is 0 Å². The smallest absolute Gasteiger partial charge is 0.0574 e. The molecule has 1 aliphatic rings. The maximum absolute atomic E-state index is 6.00. The molecule has 0 saturated carbocycles. The minimum absolute atomic E-state index is 0.627. The van der Waals surface area contributed by atoms with Gasteiger partial charge in [-0.3, -0.25) is 0 Å².